The van der Waals surface area contributed by atoms with Gasteiger partial charge in [-0.3, -0.25) is 14.9 Å². The largest absolute Gasteiger partial charge is 0.478 e. The van der Waals surface area contributed by atoms with E-state index in [0.717, 1.165) is 0 Å². The normalized spacial score (nSPS) is 19.0. The Labute approximate surface area is 123 Å². The molecule has 1 aromatic carbocycles. The molecule has 0 saturated carbocycles. The average Bonchev–Trinajstić information content (AvgIpc) is 2.89. The Morgan fingerprint density at radius 3 is 2.52 bits per heavy atom. The summed E-state index contributed by atoms with van der Waals surface area (Å²) in [4.78, 5) is 33.7. The zero-order valence-corrected chi connectivity index (χ0v) is 12.4. The highest BCUT2D eigenvalue weighted by atomic mass is 16.4. The number of hydrogen-bond donors (Lipinski definition) is 3. The third kappa shape index (κ3) is 2.80. The fourth-order valence-corrected chi connectivity index (χ4v) is 2.69. The van der Waals surface area contributed by atoms with E-state index in [9.17, 15) is 14.4 Å². The number of rotatable bonds is 4. The van der Waals surface area contributed by atoms with Gasteiger partial charge >= 0.3 is 5.97 Å². The summed E-state index contributed by atoms with van der Waals surface area (Å²) in [5, 5.41) is 14.2. The number of likely N-dealkylation sites (N-methyl/N-ethyl adjacent to an activating group) is 1. The number of fused-ring (bicyclic) bond motifs is 1. The first-order valence-electron chi connectivity index (χ1n) is 6.86. The summed E-state index contributed by atoms with van der Waals surface area (Å²) in [6.45, 7) is 4.00. The van der Waals surface area contributed by atoms with Crippen LogP contribution in [-0.4, -0.2) is 30.4 Å². The second-order valence-corrected chi connectivity index (χ2v) is 4.38. The lowest BCUT2D eigenvalue weighted by Gasteiger charge is -2.27. The molecule has 0 bridgehead atoms. The molecule has 1 aliphatic rings. The van der Waals surface area contributed by atoms with Gasteiger partial charge in [-0.1, -0.05) is 26.0 Å². The Bertz CT molecular complexity index is 557. The van der Waals surface area contributed by atoms with E-state index in [1.807, 2.05) is 13.8 Å². The molecule has 6 heteroatoms. The number of aromatic carboxylic acids is 1. The zero-order chi connectivity index (χ0) is 16.0. The molecule has 0 aliphatic heterocycles. The van der Waals surface area contributed by atoms with Crippen molar-refractivity contribution in [3.05, 3.63) is 34.9 Å². The van der Waals surface area contributed by atoms with E-state index in [-0.39, 0.29) is 5.56 Å². The molecule has 0 radical (unpaired) electrons. The van der Waals surface area contributed by atoms with Gasteiger partial charge in [0, 0.05) is 0 Å². The number of nitrogens with one attached hydrogen (secondary N) is 2. The quantitative estimate of drug-likeness (QED) is 0.721. The van der Waals surface area contributed by atoms with E-state index in [2.05, 4.69) is 10.6 Å². The van der Waals surface area contributed by atoms with Crippen LogP contribution in [0.4, 0.5) is 0 Å². The maximum atomic E-state index is 12.1. The first-order valence-corrected chi connectivity index (χ1v) is 6.86. The molecule has 2 amide bonds. The Balaban J connectivity index is 0.00000106. The molecule has 1 aliphatic carbocycles. The number of imide groups is 1. The van der Waals surface area contributed by atoms with Crippen molar-refractivity contribution in [2.24, 2.45) is 0 Å². The molecule has 1 unspecified atom stereocenters. The van der Waals surface area contributed by atoms with Gasteiger partial charge in [0.25, 0.3) is 5.91 Å². The Morgan fingerprint density at radius 1 is 1.33 bits per heavy atom. The summed E-state index contributed by atoms with van der Waals surface area (Å²) in [5.74, 6) is -1.48. The molecule has 0 heterocycles. The second kappa shape index (κ2) is 6.99. The SMILES string of the molecule is CC.CNC1(C(=O)NC=O)CCc2c(C(=O)O)cccc21. The second-order valence-electron chi connectivity index (χ2n) is 4.38. The van der Waals surface area contributed by atoms with Crippen molar-refractivity contribution in [2.75, 3.05) is 7.05 Å². The maximum Gasteiger partial charge on any atom is 0.335 e. The van der Waals surface area contributed by atoms with Gasteiger partial charge in [0.2, 0.25) is 6.41 Å². The Morgan fingerprint density at radius 2 is 2.00 bits per heavy atom. The van der Waals surface area contributed by atoms with Crippen LogP contribution in [0.2, 0.25) is 0 Å². The average molecular weight is 292 g/mol. The first kappa shape index (κ1) is 16.8. The summed E-state index contributed by atoms with van der Waals surface area (Å²) < 4.78 is 0. The van der Waals surface area contributed by atoms with E-state index >= 15 is 0 Å². The Kier molecular flexibility index (Phi) is 5.60. The van der Waals surface area contributed by atoms with Crippen LogP contribution in [0.25, 0.3) is 0 Å². The van der Waals surface area contributed by atoms with Crippen LogP contribution in [0, 0.1) is 0 Å². The molecule has 0 aromatic heterocycles. The highest BCUT2D eigenvalue weighted by Crippen LogP contribution is 2.38. The van der Waals surface area contributed by atoms with E-state index in [1.165, 1.54) is 6.07 Å². The van der Waals surface area contributed by atoms with Crippen molar-refractivity contribution in [3.63, 3.8) is 0 Å². The molecular formula is C15H20N2O4. The van der Waals surface area contributed by atoms with Gasteiger partial charge in [-0.15, -0.1) is 0 Å². The molecule has 0 saturated heterocycles. The molecule has 1 atom stereocenters. The lowest BCUT2D eigenvalue weighted by atomic mass is 9.90. The number of carbonyl (C=O) groups excluding carboxylic acids is 2. The van der Waals surface area contributed by atoms with E-state index in [1.54, 1.807) is 19.2 Å². The van der Waals surface area contributed by atoms with Crippen LogP contribution in [0.1, 0.15) is 41.8 Å². The molecular weight excluding hydrogens is 272 g/mol. The van der Waals surface area contributed by atoms with Gasteiger partial charge in [-0.2, -0.15) is 0 Å². The number of carboxylic acids is 1. The predicted molar refractivity (Wildman–Crippen MR) is 78.0 cm³/mol. The lowest BCUT2D eigenvalue weighted by molar-refractivity contribution is -0.130. The monoisotopic (exact) mass is 292 g/mol. The van der Waals surface area contributed by atoms with Gasteiger partial charge in [0.05, 0.1) is 5.56 Å². The van der Waals surface area contributed by atoms with Crippen molar-refractivity contribution in [2.45, 2.75) is 32.2 Å². The van der Waals surface area contributed by atoms with Crippen molar-refractivity contribution in [3.8, 4) is 0 Å². The minimum Gasteiger partial charge on any atom is -0.478 e. The third-order valence-corrected chi connectivity index (χ3v) is 3.62. The topological polar surface area (TPSA) is 95.5 Å². The van der Waals surface area contributed by atoms with Crippen LogP contribution in [0.5, 0.6) is 0 Å². The smallest absolute Gasteiger partial charge is 0.335 e. The van der Waals surface area contributed by atoms with Crippen LogP contribution >= 0.6 is 0 Å². The summed E-state index contributed by atoms with van der Waals surface area (Å²) in [7, 11) is 1.62. The van der Waals surface area contributed by atoms with E-state index < -0.39 is 17.4 Å². The van der Waals surface area contributed by atoms with Gasteiger partial charge < -0.3 is 10.4 Å². The van der Waals surface area contributed by atoms with Gasteiger partial charge in [-0.25, -0.2) is 4.79 Å². The molecule has 114 valence electrons. The highest BCUT2D eigenvalue weighted by Gasteiger charge is 2.45. The number of amides is 2. The van der Waals surface area contributed by atoms with Crippen LogP contribution in [0.3, 0.4) is 0 Å². The Hall–Kier alpha value is -2.21. The number of hydrogen-bond acceptors (Lipinski definition) is 4. The standard InChI is InChI=1S/C13H14N2O4.C2H6/c1-14-13(12(19)15-7-16)6-5-8-9(11(17)18)3-2-4-10(8)13;1-2/h2-4,7,14H,5-6H2,1H3,(H,17,18)(H,15,16,19);1-2H3. The molecule has 3 N–H and O–H groups in total. The fourth-order valence-electron chi connectivity index (χ4n) is 2.69. The van der Waals surface area contributed by atoms with Crippen molar-refractivity contribution in [1.82, 2.24) is 10.6 Å². The van der Waals surface area contributed by atoms with Crippen molar-refractivity contribution >= 4 is 18.3 Å². The zero-order valence-electron chi connectivity index (χ0n) is 12.4. The molecule has 6 nitrogen and oxygen atoms in total. The van der Waals surface area contributed by atoms with Crippen LogP contribution < -0.4 is 10.6 Å². The summed E-state index contributed by atoms with van der Waals surface area (Å²) in [6, 6.07) is 4.84. The third-order valence-electron chi connectivity index (χ3n) is 3.62. The van der Waals surface area contributed by atoms with Crippen LogP contribution in [0.15, 0.2) is 18.2 Å². The predicted octanol–water partition coefficient (Wildman–Crippen LogP) is 1.04. The summed E-state index contributed by atoms with van der Waals surface area (Å²) in [5.41, 5.74) is 0.426. The van der Waals surface area contributed by atoms with Crippen LogP contribution in [-0.2, 0) is 21.5 Å². The molecule has 2 rings (SSSR count). The fraction of sp³-hybridized carbons (Fsp3) is 0.400. The maximum absolute atomic E-state index is 12.1. The molecule has 21 heavy (non-hydrogen) atoms. The van der Waals surface area contributed by atoms with Gasteiger partial charge in [0.15, 0.2) is 0 Å². The molecule has 0 spiro atoms. The van der Waals surface area contributed by atoms with Crippen molar-refractivity contribution < 1.29 is 19.5 Å². The van der Waals surface area contributed by atoms with E-state index in [4.69, 9.17) is 5.11 Å². The number of benzene rings is 1. The highest BCUT2D eigenvalue weighted by molar-refractivity contribution is 5.97. The van der Waals surface area contributed by atoms with Crippen molar-refractivity contribution in [1.29, 1.82) is 0 Å². The first-order chi connectivity index (χ1) is 10.1. The number of carbonyl (C=O) groups is 3. The van der Waals surface area contributed by atoms with E-state index in [0.29, 0.717) is 30.4 Å². The molecule has 1 aromatic rings. The summed E-state index contributed by atoms with van der Waals surface area (Å²) >= 11 is 0. The minimum absolute atomic E-state index is 0.202. The lowest BCUT2D eigenvalue weighted by Crippen LogP contribution is -2.51. The summed E-state index contributed by atoms with van der Waals surface area (Å²) in [6.07, 6.45) is 1.23. The number of carboxylic acid groups (broad SMARTS) is 1. The van der Waals surface area contributed by atoms with Gasteiger partial charge in [0.1, 0.15) is 5.54 Å². The molecule has 0 fully saturated rings. The van der Waals surface area contributed by atoms with Gasteiger partial charge in [-0.05, 0) is 37.1 Å². The minimum atomic E-state index is -1.04.